The SMILES string of the molecule is CN=C(NCc1nnc2n1CCCCC2)NCC1(CC(C)C)CCC1. The van der Waals surface area contributed by atoms with E-state index in [0.717, 1.165) is 43.0 Å². The van der Waals surface area contributed by atoms with Crippen LogP contribution in [0.3, 0.4) is 0 Å². The highest BCUT2D eigenvalue weighted by molar-refractivity contribution is 5.79. The molecule has 0 unspecified atom stereocenters. The van der Waals surface area contributed by atoms with E-state index in [0.29, 0.717) is 12.0 Å². The summed E-state index contributed by atoms with van der Waals surface area (Å²) in [6, 6.07) is 0. The van der Waals surface area contributed by atoms with Crippen molar-refractivity contribution in [3.8, 4) is 0 Å². The third-order valence-electron chi connectivity index (χ3n) is 5.71. The van der Waals surface area contributed by atoms with E-state index in [1.54, 1.807) is 0 Å². The first-order valence-electron chi connectivity index (χ1n) is 9.97. The number of rotatable bonds is 6. The fourth-order valence-corrected chi connectivity index (χ4v) is 4.33. The fraction of sp³-hybridized carbons (Fsp3) is 0.842. The Labute approximate surface area is 151 Å². The molecule has 0 aromatic carbocycles. The molecule has 6 heteroatoms. The van der Waals surface area contributed by atoms with Crippen LogP contribution in [0.2, 0.25) is 0 Å². The molecule has 1 saturated carbocycles. The second kappa shape index (κ2) is 8.19. The number of aryl methyl sites for hydroxylation is 1. The molecule has 140 valence electrons. The summed E-state index contributed by atoms with van der Waals surface area (Å²) in [5.74, 6) is 3.80. The summed E-state index contributed by atoms with van der Waals surface area (Å²) in [6.45, 7) is 7.39. The lowest BCUT2D eigenvalue weighted by atomic mass is 9.64. The highest BCUT2D eigenvalue weighted by Gasteiger charge is 2.37. The van der Waals surface area contributed by atoms with Crippen LogP contribution < -0.4 is 10.6 Å². The Morgan fingerprint density at radius 1 is 1.16 bits per heavy atom. The van der Waals surface area contributed by atoms with Crippen LogP contribution in [0.4, 0.5) is 0 Å². The molecular weight excluding hydrogens is 312 g/mol. The molecule has 25 heavy (non-hydrogen) atoms. The number of aliphatic imine (C=N–C) groups is 1. The summed E-state index contributed by atoms with van der Waals surface area (Å²) in [7, 11) is 1.84. The van der Waals surface area contributed by atoms with Gasteiger partial charge in [0.15, 0.2) is 11.8 Å². The lowest BCUT2D eigenvalue weighted by molar-refractivity contribution is 0.104. The van der Waals surface area contributed by atoms with Gasteiger partial charge in [-0.1, -0.05) is 26.7 Å². The number of aromatic nitrogens is 3. The van der Waals surface area contributed by atoms with Gasteiger partial charge in [-0.25, -0.2) is 0 Å². The smallest absolute Gasteiger partial charge is 0.191 e. The first kappa shape index (κ1) is 18.2. The summed E-state index contributed by atoms with van der Waals surface area (Å²) in [5.41, 5.74) is 0.470. The molecule has 2 aliphatic rings. The van der Waals surface area contributed by atoms with Crippen molar-refractivity contribution in [1.29, 1.82) is 0 Å². The summed E-state index contributed by atoms with van der Waals surface area (Å²) in [4.78, 5) is 4.40. The second-order valence-corrected chi connectivity index (χ2v) is 8.23. The molecule has 2 N–H and O–H groups in total. The van der Waals surface area contributed by atoms with E-state index in [2.05, 4.69) is 44.2 Å². The number of hydrogen-bond acceptors (Lipinski definition) is 3. The Balaban J connectivity index is 1.52. The second-order valence-electron chi connectivity index (χ2n) is 8.23. The summed E-state index contributed by atoms with van der Waals surface area (Å²) >= 11 is 0. The van der Waals surface area contributed by atoms with Gasteiger partial charge in [0.25, 0.3) is 0 Å². The van der Waals surface area contributed by atoms with Gasteiger partial charge in [0.05, 0.1) is 6.54 Å². The molecule has 0 amide bonds. The van der Waals surface area contributed by atoms with E-state index in [-0.39, 0.29) is 0 Å². The van der Waals surface area contributed by atoms with Crippen LogP contribution in [0, 0.1) is 11.3 Å². The third kappa shape index (κ3) is 4.53. The maximum atomic E-state index is 4.40. The van der Waals surface area contributed by atoms with E-state index < -0.39 is 0 Å². The molecule has 1 fully saturated rings. The largest absolute Gasteiger partial charge is 0.356 e. The lowest BCUT2D eigenvalue weighted by Crippen LogP contribution is -2.47. The molecule has 1 aromatic rings. The minimum Gasteiger partial charge on any atom is -0.356 e. The van der Waals surface area contributed by atoms with E-state index in [1.165, 1.54) is 44.9 Å². The third-order valence-corrected chi connectivity index (χ3v) is 5.71. The zero-order valence-electron chi connectivity index (χ0n) is 16.1. The predicted molar refractivity (Wildman–Crippen MR) is 102 cm³/mol. The first-order valence-corrected chi connectivity index (χ1v) is 9.97. The molecule has 0 spiro atoms. The number of nitrogens with one attached hydrogen (secondary N) is 2. The molecule has 1 aliphatic heterocycles. The average molecular weight is 347 g/mol. The van der Waals surface area contributed by atoms with E-state index >= 15 is 0 Å². The van der Waals surface area contributed by atoms with Crippen LogP contribution in [-0.4, -0.2) is 34.3 Å². The number of hydrogen-bond donors (Lipinski definition) is 2. The zero-order chi connectivity index (χ0) is 17.7. The molecule has 0 atom stereocenters. The van der Waals surface area contributed by atoms with E-state index in [9.17, 15) is 0 Å². The topological polar surface area (TPSA) is 67.1 Å². The number of guanidine groups is 1. The minimum absolute atomic E-state index is 0.470. The number of nitrogens with zero attached hydrogens (tertiary/aromatic N) is 4. The molecule has 3 rings (SSSR count). The summed E-state index contributed by atoms with van der Waals surface area (Å²) in [6.07, 6.45) is 10.1. The van der Waals surface area contributed by atoms with Gasteiger partial charge in [0, 0.05) is 26.6 Å². The minimum atomic E-state index is 0.470. The standard InChI is InChI=1S/C19H34N6/c1-15(2)12-19(9-7-10-19)14-22-18(20-3)21-13-17-24-23-16-8-5-4-6-11-25(16)17/h15H,4-14H2,1-3H3,(H2,20,21,22). The monoisotopic (exact) mass is 346 g/mol. The Kier molecular flexibility index (Phi) is 5.97. The van der Waals surface area contributed by atoms with Crippen molar-refractivity contribution in [2.75, 3.05) is 13.6 Å². The quantitative estimate of drug-likeness (QED) is 0.614. The Morgan fingerprint density at radius 2 is 2.00 bits per heavy atom. The molecule has 0 bridgehead atoms. The van der Waals surface area contributed by atoms with Crippen molar-refractivity contribution in [2.24, 2.45) is 16.3 Å². The van der Waals surface area contributed by atoms with Crippen molar-refractivity contribution in [2.45, 2.75) is 78.3 Å². The summed E-state index contributed by atoms with van der Waals surface area (Å²) in [5, 5.41) is 15.7. The molecule has 0 radical (unpaired) electrons. The molecular formula is C19H34N6. The average Bonchev–Trinajstić information content (AvgIpc) is 2.78. The Hall–Kier alpha value is -1.59. The van der Waals surface area contributed by atoms with Gasteiger partial charge >= 0.3 is 0 Å². The maximum absolute atomic E-state index is 4.40. The maximum Gasteiger partial charge on any atom is 0.191 e. The van der Waals surface area contributed by atoms with Gasteiger partial charge in [-0.05, 0) is 43.4 Å². The van der Waals surface area contributed by atoms with Crippen molar-refractivity contribution >= 4 is 5.96 Å². The normalized spacial score (nSPS) is 19.9. The van der Waals surface area contributed by atoms with Crippen molar-refractivity contribution in [1.82, 2.24) is 25.4 Å². The van der Waals surface area contributed by atoms with Gasteiger partial charge in [0.1, 0.15) is 5.82 Å². The Morgan fingerprint density at radius 3 is 2.68 bits per heavy atom. The van der Waals surface area contributed by atoms with E-state index in [1.807, 2.05) is 7.05 Å². The molecule has 1 aliphatic carbocycles. The fourth-order valence-electron chi connectivity index (χ4n) is 4.33. The van der Waals surface area contributed by atoms with Crippen LogP contribution in [0.5, 0.6) is 0 Å². The van der Waals surface area contributed by atoms with Gasteiger partial charge in [0.2, 0.25) is 0 Å². The molecule has 0 saturated heterocycles. The predicted octanol–water partition coefficient (Wildman–Crippen LogP) is 2.89. The lowest BCUT2D eigenvalue weighted by Gasteiger charge is -2.43. The van der Waals surface area contributed by atoms with Crippen LogP contribution in [-0.2, 0) is 19.5 Å². The zero-order valence-corrected chi connectivity index (χ0v) is 16.1. The first-order chi connectivity index (χ1) is 12.1. The van der Waals surface area contributed by atoms with Crippen molar-refractivity contribution in [3.63, 3.8) is 0 Å². The summed E-state index contributed by atoms with van der Waals surface area (Å²) < 4.78 is 2.29. The van der Waals surface area contributed by atoms with Crippen LogP contribution in [0.15, 0.2) is 4.99 Å². The number of fused-ring (bicyclic) bond motifs is 1. The van der Waals surface area contributed by atoms with Gasteiger partial charge < -0.3 is 15.2 Å². The van der Waals surface area contributed by atoms with Gasteiger partial charge in [-0.3, -0.25) is 4.99 Å². The molecule has 1 aromatic heterocycles. The highest BCUT2D eigenvalue weighted by atomic mass is 15.3. The van der Waals surface area contributed by atoms with Crippen molar-refractivity contribution < 1.29 is 0 Å². The van der Waals surface area contributed by atoms with Crippen LogP contribution in [0.1, 0.15) is 70.4 Å². The van der Waals surface area contributed by atoms with Crippen molar-refractivity contribution in [3.05, 3.63) is 11.6 Å². The van der Waals surface area contributed by atoms with Crippen LogP contribution >= 0.6 is 0 Å². The molecule has 2 heterocycles. The van der Waals surface area contributed by atoms with Crippen LogP contribution in [0.25, 0.3) is 0 Å². The van der Waals surface area contributed by atoms with Gasteiger partial charge in [-0.2, -0.15) is 0 Å². The van der Waals surface area contributed by atoms with Gasteiger partial charge in [-0.15, -0.1) is 10.2 Å². The molecule has 6 nitrogen and oxygen atoms in total. The Bertz CT molecular complexity index is 585. The van der Waals surface area contributed by atoms with E-state index in [4.69, 9.17) is 0 Å². The highest BCUT2D eigenvalue weighted by Crippen LogP contribution is 2.45.